The molecule has 1 aliphatic heterocycles. The fourth-order valence-corrected chi connectivity index (χ4v) is 1.45. The molecule has 0 atom stereocenters. The third kappa shape index (κ3) is 1.60. The van der Waals surface area contributed by atoms with Gasteiger partial charge < -0.3 is 10.6 Å². The molecule has 2 heterocycles. The summed E-state index contributed by atoms with van der Waals surface area (Å²) in [6.07, 6.45) is 0. The fraction of sp³-hybridized carbons (Fsp3) is 0.500. The molecule has 0 spiro atoms. The number of carbonyl (C=O) groups is 1. The van der Waals surface area contributed by atoms with Crippen LogP contribution in [0, 0.1) is 0 Å². The summed E-state index contributed by atoms with van der Waals surface area (Å²) < 4.78 is 1.73. The number of nitrogens with two attached hydrogens (primary N) is 1. The normalized spacial score (nSPS) is 15.0. The van der Waals surface area contributed by atoms with Gasteiger partial charge in [0.25, 0.3) is 5.91 Å². The maximum Gasteiger partial charge on any atom is 0.271 e. The van der Waals surface area contributed by atoms with Gasteiger partial charge in [0.1, 0.15) is 5.69 Å². The van der Waals surface area contributed by atoms with Crippen LogP contribution in [0.15, 0.2) is 6.07 Å². The maximum absolute atomic E-state index is 11.6. The number of aromatic nitrogens is 2. The van der Waals surface area contributed by atoms with Gasteiger partial charge in [-0.3, -0.25) is 9.48 Å². The maximum atomic E-state index is 11.6. The van der Waals surface area contributed by atoms with E-state index in [0.717, 1.165) is 18.8 Å². The van der Waals surface area contributed by atoms with Gasteiger partial charge in [0, 0.05) is 20.1 Å². The highest BCUT2D eigenvalue weighted by Crippen LogP contribution is 2.11. The van der Waals surface area contributed by atoms with E-state index in [4.69, 9.17) is 5.73 Å². The Morgan fingerprint density at radius 1 is 1.57 bits per heavy atom. The van der Waals surface area contributed by atoms with E-state index in [1.165, 1.54) is 0 Å². The van der Waals surface area contributed by atoms with Gasteiger partial charge in [-0.15, -0.1) is 12.4 Å². The molecule has 0 fully saturated rings. The van der Waals surface area contributed by atoms with E-state index < -0.39 is 0 Å². The predicted octanol–water partition coefficient (Wildman–Crippen LogP) is -0.151. The molecule has 2 rings (SSSR count). The van der Waals surface area contributed by atoms with Crippen LogP contribution in [0.3, 0.4) is 0 Å². The highest BCUT2D eigenvalue weighted by molar-refractivity contribution is 5.93. The van der Waals surface area contributed by atoms with Crippen LogP contribution in [0.5, 0.6) is 0 Å². The molecule has 0 aliphatic carbocycles. The van der Waals surface area contributed by atoms with E-state index in [-0.39, 0.29) is 18.3 Å². The van der Waals surface area contributed by atoms with Crippen molar-refractivity contribution >= 4 is 18.3 Å². The van der Waals surface area contributed by atoms with Crippen molar-refractivity contribution < 1.29 is 4.79 Å². The van der Waals surface area contributed by atoms with Crippen LogP contribution in [-0.2, 0) is 13.1 Å². The molecule has 0 aromatic carbocycles. The van der Waals surface area contributed by atoms with Crippen LogP contribution >= 0.6 is 12.4 Å². The summed E-state index contributed by atoms with van der Waals surface area (Å²) in [6.45, 7) is 1.87. The molecule has 1 aromatic rings. The molecule has 5 nitrogen and oxygen atoms in total. The van der Waals surface area contributed by atoms with E-state index >= 15 is 0 Å². The van der Waals surface area contributed by atoms with Crippen LogP contribution in [-0.4, -0.2) is 34.2 Å². The number of halogens is 1. The van der Waals surface area contributed by atoms with Crippen LogP contribution < -0.4 is 5.73 Å². The van der Waals surface area contributed by atoms with Crippen molar-refractivity contribution in [3.05, 3.63) is 17.5 Å². The number of carbonyl (C=O) groups excluding carboxylic acids is 1. The number of hydrogen-bond donors (Lipinski definition) is 1. The second kappa shape index (κ2) is 3.98. The van der Waals surface area contributed by atoms with E-state index in [1.807, 2.05) is 0 Å². The fourth-order valence-electron chi connectivity index (χ4n) is 1.45. The van der Waals surface area contributed by atoms with Crippen LogP contribution in [0.4, 0.5) is 0 Å². The highest BCUT2D eigenvalue weighted by Gasteiger charge is 2.22. The lowest BCUT2D eigenvalue weighted by Crippen LogP contribution is -2.37. The van der Waals surface area contributed by atoms with Crippen LogP contribution in [0.2, 0.25) is 0 Å². The molecule has 0 unspecified atom stereocenters. The zero-order valence-corrected chi connectivity index (χ0v) is 8.75. The van der Waals surface area contributed by atoms with Crippen molar-refractivity contribution in [2.45, 2.75) is 13.1 Å². The molecule has 0 saturated heterocycles. The molecule has 0 radical (unpaired) electrons. The molecular formula is C8H13ClN4O. The molecule has 78 valence electrons. The summed E-state index contributed by atoms with van der Waals surface area (Å²) >= 11 is 0. The number of likely N-dealkylation sites (N-methyl/N-ethyl adjacent to an activating group) is 1. The van der Waals surface area contributed by atoms with Crippen molar-refractivity contribution in [2.24, 2.45) is 5.73 Å². The van der Waals surface area contributed by atoms with E-state index in [0.29, 0.717) is 12.2 Å². The zero-order chi connectivity index (χ0) is 9.42. The standard InChI is InChI=1S/C8H12N4O.ClH/c1-11-2-3-12-7(8(11)13)4-6(5-9)10-12;/h4H,2-3,5,9H2,1H3;1H. The Bertz CT molecular complexity index is 349. The Morgan fingerprint density at radius 2 is 2.29 bits per heavy atom. The first-order valence-corrected chi connectivity index (χ1v) is 4.24. The zero-order valence-electron chi connectivity index (χ0n) is 7.93. The molecule has 2 N–H and O–H groups in total. The van der Waals surface area contributed by atoms with Gasteiger partial charge >= 0.3 is 0 Å². The van der Waals surface area contributed by atoms with Gasteiger partial charge in [-0.25, -0.2) is 0 Å². The van der Waals surface area contributed by atoms with Gasteiger partial charge in [0.15, 0.2) is 0 Å². The van der Waals surface area contributed by atoms with Crippen molar-refractivity contribution in [1.29, 1.82) is 0 Å². The van der Waals surface area contributed by atoms with Gasteiger partial charge in [-0.1, -0.05) is 0 Å². The van der Waals surface area contributed by atoms with Crippen molar-refractivity contribution in [2.75, 3.05) is 13.6 Å². The Balaban J connectivity index is 0.000000980. The average molecular weight is 217 g/mol. The molecule has 1 aliphatic rings. The van der Waals surface area contributed by atoms with Gasteiger partial charge in [-0.2, -0.15) is 5.10 Å². The minimum Gasteiger partial charge on any atom is -0.339 e. The predicted molar refractivity (Wildman–Crippen MR) is 54.3 cm³/mol. The lowest BCUT2D eigenvalue weighted by molar-refractivity contribution is 0.0743. The van der Waals surface area contributed by atoms with Crippen molar-refractivity contribution in [3.63, 3.8) is 0 Å². The smallest absolute Gasteiger partial charge is 0.271 e. The number of hydrogen-bond acceptors (Lipinski definition) is 3. The van der Waals surface area contributed by atoms with Crippen molar-refractivity contribution in [3.8, 4) is 0 Å². The van der Waals surface area contributed by atoms with Gasteiger partial charge in [0.2, 0.25) is 0 Å². The molecule has 1 aromatic heterocycles. The molecule has 0 bridgehead atoms. The lowest BCUT2D eigenvalue weighted by atomic mass is 10.3. The largest absolute Gasteiger partial charge is 0.339 e. The Morgan fingerprint density at radius 3 is 2.93 bits per heavy atom. The first-order chi connectivity index (χ1) is 6.22. The quantitative estimate of drug-likeness (QED) is 0.710. The van der Waals surface area contributed by atoms with Crippen molar-refractivity contribution in [1.82, 2.24) is 14.7 Å². The second-order valence-corrected chi connectivity index (χ2v) is 3.17. The number of rotatable bonds is 1. The minimum absolute atomic E-state index is 0. The van der Waals surface area contributed by atoms with E-state index in [9.17, 15) is 4.79 Å². The van der Waals surface area contributed by atoms with E-state index in [2.05, 4.69) is 5.10 Å². The summed E-state index contributed by atoms with van der Waals surface area (Å²) in [5.41, 5.74) is 6.87. The minimum atomic E-state index is 0. The highest BCUT2D eigenvalue weighted by atomic mass is 35.5. The number of nitrogens with zero attached hydrogens (tertiary/aromatic N) is 3. The Labute approximate surface area is 88.3 Å². The number of fused-ring (bicyclic) bond motifs is 1. The summed E-state index contributed by atoms with van der Waals surface area (Å²) in [6, 6.07) is 1.76. The van der Waals surface area contributed by atoms with E-state index in [1.54, 1.807) is 22.7 Å². The topological polar surface area (TPSA) is 64.2 Å². The molecule has 0 saturated carbocycles. The SMILES string of the molecule is CN1CCn2nc(CN)cc2C1=O.Cl. The molecule has 14 heavy (non-hydrogen) atoms. The van der Waals surface area contributed by atoms with Gasteiger partial charge in [-0.05, 0) is 6.07 Å². The van der Waals surface area contributed by atoms with Crippen LogP contribution in [0.25, 0.3) is 0 Å². The van der Waals surface area contributed by atoms with Crippen LogP contribution in [0.1, 0.15) is 16.2 Å². The summed E-state index contributed by atoms with van der Waals surface area (Å²) in [5, 5.41) is 4.20. The average Bonchev–Trinajstić information content (AvgIpc) is 2.55. The molecular weight excluding hydrogens is 204 g/mol. The Hall–Kier alpha value is -1.07. The lowest BCUT2D eigenvalue weighted by Gasteiger charge is -2.22. The third-order valence-corrected chi connectivity index (χ3v) is 2.25. The Kier molecular flexibility index (Phi) is 3.13. The monoisotopic (exact) mass is 216 g/mol. The summed E-state index contributed by atoms with van der Waals surface area (Å²) in [4.78, 5) is 13.3. The third-order valence-electron chi connectivity index (χ3n) is 2.25. The first-order valence-electron chi connectivity index (χ1n) is 4.24. The van der Waals surface area contributed by atoms with Gasteiger partial charge in [0.05, 0.1) is 12.2 Å². The molecule has 1 amide bonds. The number of amides is 1. The second-order valence-electron chi connectivity index (χ2n) is 3.17. The molecule has 6 heteroatoms. The summed E-state index contributed by atoms with van der Waals surface area (Å²) in [5.74, 6) is 0.0263. The summed E-state index contributed by atoms with van der Waals surface area (Å²) in [7, 11) is 1.79. The first kappa shape index (κ1) is 11.0.